The lowest BCUT2D eigenvalue weighted by molar-refractivity contribution is -0.122. The number of carbonyl (C=O) groups excluding carboxylic acids is 1. The monoisotopic (exact) mass is 459 g/mol. The fourth-order valence-electron chi connectivity index (χ4n) is 5.28. The van der Waals surface area contributed by atoms with Crippen LogP contribution >= 0.6 is 0 Å². The zero-order chi connectivity index (χ0) is 24.6. The molecule has 1 saturated heterocycles. The number of amides is 1. The maximum Gasteiger partial charge on any atom is 0.220 e. The molecule has 1 amide bonds. The SMILES string of the molecule is CC(C)CC[C@]1(CCNC(=O)C[C@@H](c2ccc(OC(C)C)cc2)C(C)C)CCOC(C)(C)C1. The van der Waals surface area contributed by atoms with Crippen LogP contribution in [-0.2, 0) is 9.53 Å². The second-order valence-electron chi connectivity index (χ2n) is 11.9. The number of rotatable bonds is 12. The Morgan fingerprint density at radius 2 is 1.73 bits per heavy atom. The molecule has 1 aromatic rings. The minimum absolute atomic E-state index is 0.0760. The standard InChI is InChI=1S/C29H49NO3/c1-21(2)13-14-29(16-18-32-28(7,8)20-29)15-17-30-27(31)19-26(22(3)4)24-9-11-25(12-10-24)33-23(5)6/h9-12,21-23,26H,13-20H2,1-8H3,(H,30,31)/t26-,29+/m1/s1. The van der Waals surface area contributed by atoms with E-state index >= 15 is 0 Å². The van der Waals surface area contributed by atoms with Gasteiger partial charge in [0.15, 0.2) is 0 Å². The van der Waals surface area contributed by atoms with Gasteiger partial charge in [-0.1, -0.05) is 46.2 Å². The molecule has 0 radical (unpaired) electrons. The molecule has 0 aliphatic carbocycles. The summed E-state index contributed by atoms with van der Waals surface area (Å²) in [6.45, 7) is 19.0. The van der Waals surface area contributed by atoms with E-state index in [-0.39, 0.29) is 28.9 Å². The summed E-state index contributed by atoms with van der Waals surface area (Å²) in [6.07, 6.45) is 6.33. The molecular formula is C29H49NO3. The summed E-state index contributed by atoms with van der Waals surface area (Å²) in [6, 6.07) is 8.27. The molecule has 1 aliphatic rings. The Labute approximate surface area is 203 Å². The molecule has 0 spiro atoms. The summed E-state index contributed by atoms with van der Waals surface area (Å²) >= 11 is 0. The van der Waals surface area contributed by atoms with Crippen LogP contribution in [0.3, 0.4) is 0 Å². The molecule has 1 N–H and O–H groups in total. The zero-order valence-electron chi connectivity index (χ0n) is 22.5. The highest BCUT2D eigenvalue weighted by molar-refractivity contribution is 5.76. The number of nitrogens with one attached hydrogen (secondary N) is 1. The van der Waals surface area contributed by atoms with Crippen LogP contribution in [0.1, 0.15) is 105 Å². The molecule has 188 valence electrons. The van der Waals surface area contributed by atoms with Gasteiger partial charge in [0.25, 0.3) is 0 Å². The summed E-state index contributed by atoms with van der Waals surface area (Å²) in [5.74, 6) is 2.33. The Kier molecular flexibility index (Phi) is 10.3. The van der Waals surface area contributed by atoms with Crippen LogP contribution < -0.4 is 10.1 Å². The van der Waals surface area contributed by atoms with E-state index in [0.29, 0.717) is 18.3 Å². The van der Waals surface area contributed by atoms with Crippen molar-refractivity contribution in [1.29, 1.82) is 0 Å². The van der Waals surface area contributed by atoms with Crippen molar-refractivity contribution in [3.05, 3.63) is 29.8 Å². The first-order chi connectivity index (χ1) is 15.4. The van der Waals surface area contributed by atoms with Gasteiger partial charge in [0.1, 0.15) is 5.75 Å². The summed E-state index contributed by atoms with van der Waals surface area (Å²) in [5.41, 5.74) is 1.40. The minimum Gasteiger partial charge on any atom is -0.491 e. The smallest absolute Gasteiger partial charge is 0.220 e. The number of carbonyl (C=O) groups is 1. The lowest BCUT2D eigenvalue weighted by atomic mass is 9.68. The first-order valence-corrected chi connectivity index (χ1v) is 13.1. The van der Waals surface area contributed by atoms with E-state index < -0.39 is 0 Å². The number of benzene rings is 1. The van der Waals surface area contributed by atoms with Gasteiger partial charge >= 0.3 is 0 Å². The van der Waals surface area contributed by atoms with Crippen molar-refractivity contribution in [3.63, 3.8) is 0 Å². The van der Waals surface area contributed by atoms with Crippen molar-refractivity contribution in [3.8, 4) is 5.75 Å². The first-order valence-electron chi connectivity index (χ1n) is 13.1. The Morgan fingerprint density at radius 3 is 2.27 bits per heavy atom. The lowest BCUT2D eigenvalue weighted by Gasteiger charge is -2.45. The van der Waals surface area contributed by atoms with Crippen LogP contribution in [0.2, 0.25) is 0 Å². The minimum atomic E-state index is -0.0760. The van der Waals surface area contributed by atoms with E-state index in [9.17, 15) is 4.79 Å². The maximum atomic E-state index is 12.9. The molecule has 2 atom stereocenters. The molecule has 1 aliphatic heterocycles. The van der Waals surface area contributed by atoms with Crippen molar-refractivity contribution < 1.29 is 14.3 Å². The highest BCUT2D eigenvalue weighted by atomic mass is 16.5. The van der Waals surface area contributed by atoms with E-state index in [1.807, 2.05) is 26.0 Å². The number of ether oxygens (including phenoxy) is 2. The van der Waals surface area contributed by atoms with Crippen molar-refractivity contribution >= 4 is 5.91 Å². The van der Waals surface area contributed by atoms with Crippen molar-refractivity contribution in [2.24, 2.45) is 17.3 Å². The van der Waals surface area contributed by atoms with Gasteiger partial charge in [-0.2, -0.15) is 0 Å². The lowest BCUT2D eigenvalue weighted by Crippen LogP contribution is -2.43. The third-order valence-electron chi connectivity index (χ3n) is 7.05. The molecule has 0 aromatic heterocycles. The van der Waals surface area contributed by atoms with Crippen LogP contribution in [0.4, 0.5) is 0 Å². The van der Waals surface area contributed by atoms with Crippen LogP contribution in [0.25, 0.3) is 0 Å². The summed E-state index contributed by atoms with van der Waals surface area (Å²) in [7, 11) is 0. The fourth-order valence-corrected chi connectivity index (χ4v) is 5.28. The average molecular weight is 460 g/mol. The zero-order valence-corrected chi connectivity index (χ0v) is 22.5. The van der Waals surface area contributed by atoms with Gasteiger partial charge in [-0.3, -0.25) is 4.79 Å². The molecule has 2 rings (SSSR count). The van der Waals surface area contributed by atoms with E-state index in [0.717, 1.165) is 38.2 Å². The van der Waals surface area contributed by atoms with E-state index in [1.165, 1.54) is 18.4 Å². The fraction of sp³-hybridized carbons (Fsp3) is 0.759. The first kappa shape index (κ1) is 27.7. The van der Waals surface area contributed by atoms with Crippen molar-refractivity contribution in [2.45, 2.75) is 112 Å². The van der Waals surface area contributed by atoms with Crippen LogP contribution in [-0.4, -0.2) is 30.8 Å². The maximum absolute atomic E-state index is 12.9. The quantitative estimate of drug-likeness (QED) is 0.362. The summed E-state index contributed by atoms with van der Waals surface area (Å²) in [4.78, 5) is 12.9. The van der Waals surface area contributed by atoms with Crippen molar-refractivity contribution in [1.82, 2.24) is 5.32 Å². The Morgan fingerprint density at radius 1 is 1.06 bits per heavy atom. The van der Waals surface area contributed by atoms with E-state index in [2.05, 4.69) is 59.0 Å². The van der Waals surface area contributed by atoms with Crippen LogP contribution in [0.15, 0.2) is 24.3 Å². The highest BCUT2D eigenvalue weighted by Gasteiger charge is 2.40. The van der Waals surface area contributed by atoms with Crippen LogP contribution in [0, 0.1) is 17.3 Å². The van der Waals surface area contributed by atoms with Gasteiger partial charge < -0.3 is 14.8 Å². The van der Waals surface area contributed by atoms with Crippen molar-refractivity contribution in [2.75, 3.05) is 13.2 Å². The van der Waals surface area contributed by atoms with Crippen LogP contribution in [0.5, 0.6) is 5.75 Å². The van der Waals surface area contributed by atoms with Gasteiger partial charge in [-0.15, -0.1) is 0 Å². The van der Waals surface area contributed by atoms with E-state index in [1.54, 1.807) is 0 Å². The number of hydrogen-bond acceptors (Lipinski definition) is 3. The molecule has 4 heteroatoms. The Bertz CT molecular complexity index is 723. The van der Waals surface area contributed by atoms with Gasteiger partial charge in [0.2, 0.25) is 5.91 Å². The van der Waals surface area contributed by atoms with Gasteiger partial charge in [0.05, 0.1) is 11.7 Å². The summed E-state index contributed by atoms with van der Waals surface area (Å²) in [5, 5.41) is 3.26. The second-order valence-corrected chi connectivity index (χ2v) is 11.9. The van der Waals surface area contributed by atoms with E-state index in [4.69, 9.17) is 9.47 Å². The van der Waals surface area contributed by atoms with Gasteiger partial charge in [0, 0.05) is 19.6 Å². The Hall–Kier alpha value is -1.55. The Balaban J connectivity index is 1.95. The molecule has 4 nitrogen and oxygen atoms in total. The molecule has 33 heavy (non-hydrogen) atoms. The topological polar surface area (TPSA) is 47.6 Å². The molecular weight excluding hydrogens is 410 g/mol. The third kappa shape index (κ3) is 9.31. The molecule has 1 heterocycles. The predicted molar refractivity (Wildman–Crippen MR) is 138 cm³/mol. The van der Waals surface area contributed by atoms with Gasteiger partial charge in [-0.05, 0) is 94.2 Å². The molecule has 0 bridgehead atoms. The normalized spacial score (nSPS) is 21.4. The number of hydrogen-bond donors (Lipinski definition) is 1. The molecule has 0 saturated carbocycles. The molecule has 1 fully saturated rings. The summed E-state index contributed by atoms with van der Waals surface area (Å²) < 4.78 is 11.8. The average Bonchev–Trinajstić information content (AvgIpc) is 2.70. The second kappa shape index (κ2) is 12.2. The predicted octanol–water partition coefficient (Wildman–Crippen LogP) is 7.12. The third-order valence-corrected chi connectivity index (χ3v) is 7.05. The largest absolute Gasteiger partial charge is 0.491 e. The molecule has 0 unspecified atom stereocenters. The highest BCUT2D eigenvalue weighted by Crippen LogP contribution is 2.45. The molecule has 1 aromatic carbocycles. The van der Waals surface area contributed by atoms with Gasteiger partial charge in [-0.25, -0.2) is 0 Å².